The van der Waals surface area contributed by atoms with Gasteiger partial charge in [0.2, 0.25) is 0 Å². The summed E-state index contributed by atoms with van der Waals surface area (Å²) in [5.41, 5.74) is 0.937. The van der Waals surface area contributed by atoms with Crippen LogP contribution in [0.25, 0.3) is 0 Å². The van der Waals surface area contributed by atoms with E-state index in [-0.39, 0.29) is 12.2 Å². The summed E-state index contributed by atoms with van der Waals surface area (Å²) >= 11 is 1.59. The molecule has 1 aromatic rings. The van der Waals surface area contributed by atoms with Crippen molar-refractivity contribution in [3.8, 4) is 0 Å². The van der Waals surface area contributed by atoms with Crippen LogP contribution in [0.2, 0.25) is 0 Å². The number of rotatable bonds is 2. The zero-order chi connectivity index (χ0) is 12.6. The SMILES string of the molecule is Cc1nc(N2CC(C)OC(C)C2)sc1C(C)O. The molecule has 1 fully saturated rings. The Labute approximate surface area is 106 Å². The Kier molecular flexibility index (Phi) is 3.70. The smallest absolute Gasteiger partial charge is 0.186 e. The summed E-state index contributed by atoms with van der Waals surface area (Å²) < 4.78 is 5.71. The fourth-order valence-corrected chi connectivity index (χ4v) is 3.27. The van der Waals surface area contributed by atoms with E-state index in [0.717, 1.165) is 28.8 Å². The van der Waals surface area contributed by atoms with E-state index in [0.29, 0.717) is 0 Å². The predicted octanol–water partition coefficient (Wildman–Crippen LogP) is 2.12. The van der Waals surface area contributed by atoms with Crippen LogP contribution in [0.1, 0.15) is 37.4 Å². The van der Waals surface area contributed by atoms with Gasteiger partial charge in [-0.05, 0) is 27.7 Å². The van der Waals surface area contributed by atoms with Gasteiger partial charge in [0.15, 0.2) is 5.13 Å². The van der Waals surface area contributed by atoms with Gasteiger partial charge in [0, 0.05) is 13.1 Å². The summed E-state index contributed by atoms with van der Waals surface area (Å²) in [7, 11) is 0. The van der Waals surface area contributed by atoms with Crippen molar-refractivity contribution in [3.63, 3.8) is 0 Å². The fraction of sp³-hybridized carbons (Fsp3) is 0.750. The largest absolute Gasteiger partial charge is 0.388 e. The van der Waals surface area contributed by atoms with E-state index in [1.165, 1.54) is 0 Å². The average Bonchev–Trinajstić information content (AvgIpc) is 2.59. The molecule has 0 amide bonds. The first-order chi connectivity index (χ1) is 7.97. The Morgan fingerprint density at radius 2 is 2.00 bits per heavy atom. The van der Waals surface area contributed by atoms with E-state index in [2.05, 4.69) is 23.7 Å². The van der Waals surface area contributed by atoms with Crippen LogP contribution >= 0.6 is 11.3 Å². The van der Waals surface area contributed by atoms with Gasteiger partial charge in [0.05, 0.1) is 28.9 Å². The zero-order valence-electron chi connectivity index (χ0n) is 10.8. The lowest BCUT2D eigenvalue weighted by molar-refractivity contribution is -0.00523. The van der Waals surface area contributed by atoms with E-state index in [1.54, 1.807) is 18.3 Å². The highest BCUT2D eigenvalue weighted by Crippen LogP contribution is 2.31. The molecule has 96 valence electrons. The van der Waals surface area contributed by atoms with Gasteiger partial charge in [-0.15, -0.1) is 0 Å². The molecular weight excluding hydrogens is 236 g/mol. The molecule has 0 bridgehead atoms. The van der Waals surface area contributed by atoms with Crippen LogP contribution in [0.4, 0.5) is 5.13 Å². The third-order valence-electron chi connectivity index (χ3n) is 2.89. The molecule has 0 aliphatic carbocycles. The molecule has 3 unspecified atom stereocenters. The number of aliphatic hydroxyl groups is 1. The van der Waals surface area contributed by atoms with Crippen LogP contribution in [0.3, 0.4) is 0 Å². The second-order valence-corrected chi connectivity index (χ2v) is 5.79. The van der Waals surface area contributed by atoms with Crippen molar-refractivity contribution in [2.24, 2.45) is 0 Å². The lowest BCUT2D eigenvalue weighted by Gasteiger charge is -2.35. The highest BCUT2D eigenvalue weighted by Gasteiger charge is 2.25. The number of nitrogens with zero attached hydrogens (tertiary/aromatic N) is 2. The Hall–Kier alpha value is -0.650. The zero-order valence-corrected chi connectivity index (χ0v) is 11.6. The summed E-state index contributed by atoms with van der Waals surface area (Å²) in [6.07, 6.45) is 0.0352. The van der Waals surface area contributed by atoms with E-state index in [9.17, 15) is 5.11 Å². The second kappa shape index (κ2) is 4.92. The molecular formula is C12H20N2O2S. The van der Waals surface area contributed by atoms with E-state index in [1.807, 2.05) is 6.92 Å². The monoisotopic (exact) mass is 256 g/mol. The van der Waals surface area contributed by atoms with Crippen molar-refractivity contribution in [2.75, 3.05) is 18.0 Å². The Balaban J connectivity index is 2.19. The first kappa shape index (κ1) is 12.8. The van der Waals surface area contributed by atoms with Gasteiger partial charge < -0.3 is 14.7 Å². The average molecular weight is 256 g/mol. The normalized spacial score (nSPS) is 27.2. The third-order valence-corrected chi connectivity index (χ3v) is 4.28. The van der Waals surface area contributed by atoms with Crippen molar-refractivity contribution in [1.82, 2.24) is 4.98 Å². The molecule has 4 nitrogen and oxygen atoms in total. The number of hydrogen-bond donors (Lipinski definition) is 1. The molecule has 0 aromatic carbocycles. The maximum Gasteiger partial charge on any atom is 0.186 e. The van der Waals surface area contributed by atoms with Crippen molar-refractivity contribution in [2.45, 2.75) is 46.0 Å². The van der Waals surface area contributed by atoms with Crippen molar-refractivity contribution < 1.29 is 9.84 Å². The number of thiazole rings is 1. The van der Waals surface area contributed by atoms with Crippen LogP contribution in [-0.4, -0.2) is 35.4 Å². The number of aliphatic hydroxyl groups excluding tert-OH is 1. The lowest BCUT2D eigenvalue weighted by atomic mass is 10.2. The molecule has 3 atom stereocenters. The molecule has 17 heavy (non-hydrogen) atoms. The van der Waals surface area contributed by atoms with Gasteiger partial charge in [0.1, 0.15) is 0 Å². The fourth-order valence-electron chi connectivity index (χ4n) is 2.25. The van der Waals surface area contributed by atoms with Gasteiger partial charge >= 0.3 is 0 Å². The number of hydrogen-bond acceptors (Lipinski definition) is 5. The van der Waals surface area contributed by atoms with E-state index in [4.69, 9.17) is 4.74 Å². The van der Waals surface area contributed by atoms with E-state index < -0.39 is 6.10 Å². The van der Waals surface area contributed by atoms with Crippen molar-refractivity contribution in [1.29, 1.82) is 0 Å². The van der Waals surface area contributed by atoms with Gasteiger partial charge in [-0.2, -0.15) is 0 Å². The number of morpholine rings is 1. The Bertz CT molecular complexity index is 382. The number of ether oxygens (including phenoxy) is 1. The van der Waals surface area contributed by atoms with Crippen molar-refractivity contribution in [3.05, 3.63) is 10.6 Å². The van der Waals surface area contributed by atoms with Crippen molar-refractivity contribution >= 4 is 16.5 Å². The first-order valence-corrected chi connectivity index (χ1v) is 6.84. The second-order valence-electron chi connectivity index (χ2n) is 4.78. The molecule has 0 spiro atoms. The lowest BCUT2D eigenvalue weighted by Crippen LogP contribution is -2.45. The summed E-state index contributed by atoms with van der Waals surface area (Å²) in [6, 6.07) is 0. The molecule has 1 aliphatic rings. The number of aromatic nitrogens is 1. The maximum absolute atomic E-state index is 9.65. The third kappa shape index (κ3) is 2.78. The molecule has 1 aliphatic heterocycles. The van der Waals surface area contributed by atoms with Gasteiger partial charge in [0.25, 0.3) is 0 Å². The van der Waals surface area contributed by atoms with E-state index >= 15 is 0 Å². The molecule has 1 aromatic heterocycles. The summed E-state index contributed by atoms with van der Waals surface area (Å²) in [5, 5.41) is 10.6. The molecule has 2 rings (SSSR count). The Morgan fingerprint density at radius 1 is 1.41 bits per heavy atom. The first-order valence-electron chi connectivity index (χ1n) is 6.03. The minimum atomic E-state index is -0.433. The summed E-state index contributed by atoms with van der Waals surface area (Å²) in [6.45, 7) is 9.65. The highest BCUT2D eigenvalue weighted by atomic mass is 32.1. The highest BCUT2D eigenvalue weighted by molar-refractivity contribution is 7.15. The summed E-state index contributed by atoms with van der Waals surface area (Å²) in [4.78, 5) is 7.77. The standard InChI is InChI=1S/C12H20N2O2S/c1-7-5-14(6-8(2)16-7)12-13-9(3)11(17-12)10(4)15/h7-8,10,15H,5-6H2,1-4H3. The minimum Gasteiger partial charge on any atom is -0.388 e. The van der Waals surface area contributed by atoms with Gasteiger partial charge in [-0.3, -0.25) is 0 Å². The maximum atomic E-state index is 9.65. The Morgan fingerprint density at radius 3 is 2.47 bits per heavy atom. The number of anilines is 1. The van der Waals surface area contributed by atoms with Crippen LogP contribution < -0.4 is 4.90 Å². The number of aryl methyl sites for hydroxylation is 1. The minimum absolute atomic E-state index is 0.234. The van der Waals surface area contributed by atoms with Gasteiger partial charge in [-0.1, -0.05) is 11.3 Å². The van der Waals surface area contributed by atoms with Crippen LogP contribution in [0.5, 0.6) is 0 Å². The molecule has 0 radical (unpaired) electrons. The summed E-state index contributed by atoms with van der Waals surface area (Å²) in [5.74, 6) is 0. The topological polar surface area (TPSA) is 45.6 Å². The van der Waals surface area contributed by atoms with Crippen LogP contribution in [0, 0.1) is 6.92 Å². The quantitative estimate of drug-likeness (QED) is 0.880. The predicted molar refractivity (Wildman–Crippen MR) is 69.7 cm³/mol. The molecule has 5 heteroatoms. The van der Waals surface area contributed by atoms with Crippen LogP contribution in [-0.2, 0) is 4.74 Å². The molecule has 2 heterocycles. The molecule has 1 N–H and O–H groups in total. The van der Waals surface area contributed by atoms with Gasteiger partial charge in [-0.25, -0.2) is 4.98 Å². The van der Waals surface area contributed by atoms with Crippen LogP contribution in [0.15, 0.2) is 0 Å². The molecule has 1 saturated heterocycles. The molecule has 0 saturated carbocycles.